The maximum atomic E-state index is 13.8. The molecule has 0 amide bonds. The fraction of sp³-hybridized carbons (Fsp3) is 0.538. The van der Waals surface area contributed by atoms with Crippen LogP contribution in [-0.2, 0) is 16.6 Å². The molecule has 114 valence electrons. The van der Waals surface area contributed by atoms with Gasteiger partial charge in [-0.05, 0) is 45.0 Å². The lowest BCUT2D eigenvalue weighted by Gasteiger charge is -2.21. The van der Waals surface area contributed by atoms with Gasteiger partial charge in [0.05, 0.1) is 9.92 Å². The largest absolute Gasteiger partial charge is 0.313 e. The molecule has 0 saturated carbocycles. The quantitative estimate of drug-likeness (QED) is 0.876. The van der Waals surface area contributed by atoms with Crippen molar-refractivity contribution >= 4 is 21.6 Å². The van der Waals surface area contributed by atoms with E-state index in [9.17, 15) is 12.8 Å². The van der Waals surface area contributed by atoms with Crippen LogP contribution in [0.4, 0.5) is 4.39 Å². The van der Waals surface area contributed by atoms with Crippen molar-refractivity contribution in [2.45, 2.75) is 44.7 Å². The molecule has 0 heterocycles. The molecule has 0 bridgehead atoms. The van der Waals surface area contributed by atoms with Gasteiger partial charge >= 0.3 is 0 Å². The molecule has 0 aliphatic carbocycles. The fourth-order valence-electron chi connectivity index (χ4n) is 1.62. The number of benzene rings is 1. The Morgan fingerprint density at radius 1 is 1.30 bits per heavy atom. The highest BCUT2D eigenvalue weighted by atomic mass is 35.5. The van der Waals surface area contributed by atoms with Crippen LogP contribution in [0.5, 0.6) is 0 Å². The predicted octanol–water partition coefficient (Wildman–Crippen LogP) is 2.67. The summed E-state index contributed by atoms with van der Waals surface area (Å²) < 4.78 is 40.7. The molecule has 7 heteroatoms. The first-order valence-corrected chi connectivity index (χ1v) is 8.15. The summed E-state index contributed by atoms with van der Waals surface area (Å²) in [5.74, 6) is -0.739. The van der Waals surface area contributed by atoms with Gasteiger partial charge in [0.1, 0.15) is 5.82 Å². The summed E-state index contributed by atoms with van der Waals surface area (Å²) in [6.07, 6.45) is 0. The summed E-state index contributed by atoms with van der Waals surface area (Å²) in [7, 11) is -3.78. The predicted molar refractivity (Wildman–Crippen MR) is 78.9 cm³/mol. The molecule has 0 aliphatic rings. The van der Waals surface area contributed by atoms with Crippen molar-refractivity contribution < 1.29 is 12.8 Å². The van der Waals surface area contributed by atoms with Crippen molar-refractivity contribution in [1.82, 2.24) is 10.0 Å². The average molecular weight is 323 g/mol. The van der Waals surface area contributed by atoms with Crippen molar-refractivity contribution in [2.24, 2.45) is 0 Å². The van der Waals surface area contributed by atoms with Gasteiger partial charge in [0.25, 0.3) is 0 Å². The van der Waals surface area contributed by atoms with E-state index in [1.54, 1.807) is 20.8 Å². The molecule has 0 atom stereocenters. The molecule has 20 heavy (non-hydrogen) atoms. The van der Waals surface area contributed by atoms with Crippen LogP contribution in [-0.4, -0.2) is 20.5 Å². The summed E-state index contributed by atoms with van der Waals surface area (Å²) in [6, 6.07) is 2.33. The molecule has 1 aromatic rings. The summed E-state index contributed by atoms with van der Waals surface area (Å²) in [6.45, 7) is 8.04. The Hall–Kier alpha value is -0.690. The molecule has 1 rings (SSSR count). The first-order chi connectivity index (χ1) is 9.07. The van der Waals surface area contributed by atoms with E-state index in [0.29, 0.717) is 18.7 Å². The van der Waals surface area contributed by atoms with E-state index in [2.05, 4.69) is 10.0 Å². The van der Waals surface area contributed by atoms with Crippen molar-refractivity contribution in [2.75, 3.05) is 6.54 Å². The molecule has 0 unspecified atom stereocenters. The molecular weight excluding hydrogens is 303 g/mol. The minimum atomic E-state index is -3.78. The fourth-order valence-corrected chi connectivity index (χ4v) is 3.28. The molecule has 4 nitrogen and oxygen atoms in total. The molecule has 0 aromatic heterocycles. The smallest absolute Gasteiger partial charge is 0.241 e. The Balaban J connectivity index is 3.22. The molecular formula is C13H20ClFN2O2S. The lowest BCUT2D eigenvalue weighted by molar-refractivity contribution is 0.490. The third-order valence-electron chi connectivity index (χ3n) is 2.39. The summed E-state index contributed by atoms with van der Waals surface area (Å²) in [4.78, 5) is -0.123. The van der Waals surface area contributed by atoms with Gasteiger partial charge in [-0.3, -0.25) is 0 Å². The van der Waals surface area contributed by atoms with E-state index >= 15 is 0 Å². The van der Waals surface area contributed by atoms with E-state index in [-0.39, 0.29) is 9.92 Å². The number of hydrogen-bond donors (Lipinski definition) is 2. The topological polar surface area (TPSA) is 58.2 Å². The molecule has 2 N–H and O–H groups in total. The van der Waals surface area contributed by atoms with Gasteiger partial charge in [0, 0.05) is 12.1 Å². The van der Waals surface area contributed by atoms with Crippen LogP contribution in [0.3, 0.4) is 0 Å². The Morgan fingerprint density at radius 3 is 2.40 bits per heavy atom. The van der Waals surface area contributed by atoms with Crippen LogP contribution >= 0.6 is 11.6 Å². The van der Waals surface area contributed by atoms with Crippen LogP contribution < -0.4 is 10.0 Å². The summed E-state index contributed by atoms with van der Waals surface area (Å²) in [5.41, 5.74) is -0.223. The van der Waals surface area contributed by atoms with Crippen LogP contribution in [0.25, 0.3) is 0 Å². The highest BCUT2D eigenvalue weighted by Crippen LogP contribution is 2.25. The first kappa shape index (κ1) is 17.4. The van der Waals surface area contributed by atoms with Crippen molar-refractivity contribution in [3.8, 4) is 0 Å². The maximum Gasteiger partial charge on any atom is 0.241 e. The number of halogens is 2. The van der Waals surface area contributed by atoms with Gasteiger partial charge in [-0.2, -0.15) is 0 Å². The summed E-state index contributed by atoms with van der Waals surface area (Å²) >= 11 is 5.85. The van der Waals surface area contributed by atoms with Crippen LogP contribution in [0.15, 0.2) is 17.0 Å². The third kappa shape index (κ3) is 4.70. The van der Waals surface area contributed by atoms with E-state index in [1.165, 1.54) is 6.07 Å². The Bertz CT molecular complexity index is 583. The molecule has 0 aliphatic heterocycles. The monoisotopic (exact) mass is 322 g/mol. The van der Waals surface area contributed by atoms with Gasteiger partial charge in [0.15, 0.2) is 0 Å². The highest BCUT2D eigenvalue weighted by Gasteiger charge is 2.24. The maximum absolute atomic E-state index is 13.8. The van der Waals surface area contributed by atoms with Crippen molar-refractivity contribution in [3.63, 3.8) is 0 Å². The van der Waals surface area contributed by atoms with Gasteiger partial charge in [-0.1, -0.05) is 18.5 Å². The van der Waals surface area contributed by atoms with E-state index in [1.807, 2.05) is 6.92 Å². The molecule has 1 aromatic carbocycles. The molecule has 0 fully saturated rings. The van der Waals surface area contributed by atoms with E-state index in [4.69, 9.17) is 11.6 Å². The summed E-state index contributed by atoms with van der Waals surface area (Å²) in [5, 5.41) is 2.94. The zero-order valence-corrected chi connectivity index (χ0v) is 13.6. The van der Waals surface area contributed by atoms with Crippen LogP contribution in [0.1, 0.15) is 33.3 Å². The number of rotatable bonds is 5. The SMILES string of the molecule is CCNCc1cc(S(=O)(=O)NC(C)(C)C)cc(F)c1Cl. The normalized spacial score (nSPS) is 12.7. The molecule has 0 radical (unpaired) electrons. The van der Waals surface area contributed by atoms with Gasteiger partial charge in [-0.15, -0.1) is 0 Å². The van der Waals surface area contributed by atoms with Crippen LogP contribution in [0.2, 0.25) is 5.02 Å². The minimum absolute atomic E-state index is 0.0549. The lowest BCUT2D eigenvalue weighted by Crippen LogP contribution is -2.40. The number of sulfonamides is 1. The van der Waals surface area contributed by atoms with Crippen molar-refractivity contribution in [1.29, 1.82) is 0 Å². The Labute approximate surface area is 124 Å². The zero-order valence-electron chi connectivity index (χ0n) is 12.0. The molecule has 0 spiro atoms. The molecule has 0 saturated heterocycles. The highest BCUT2D eigenvalue weighted by molar-refractivity contribution is 7.89. The second-order valence-corrected chi connectivity index (χ2v) is 7.57. The van der Waals surface area contributed by atoms with Gasteiger partial charge < -0.3 is 5.32 Å². The van der Waals surface area contributed by atoms with Gasteiger partial charge in [-0.25, -0.2) is 17.5 Å². The second kappa shape index (κ2) is 6.39. The lowest BCUT2D eigenvalue weighted by atomic mass is 10.1. The van der Waals surface area contributed by atoms with Crippen molar-refractivity contribution in [3.05, 3.63) is 28.5 Å². The number of hydrogen-bond acceptors (Lipinski definition) is 3. The third-order valence-corrected chi connectivity index (χ3v) is 4.55. The minimum Gasteiger partial charge on any atom is -0.313 e. The Morgan fingerprint density at radius 2 is 1.90 bits per heavy atom. The van der Waals surface area contributed by atoms with E-state index < -0.39 is 21.4 Å². The number of nitrogens with one attached hydrogen (secondary N) is 2. The average Bonchev–Trinajstić information content (AvgIpc) is 2.27. The second-order valence-electron chi connectivity index (χ2n) is 5.51. The standard InChI is InChI=1S/C13H20ClFN2O2S/c1-5-16-8-9-6-10(7-11(15)12(9)14)20(18,19)17-13(2,3)4/h6-7,16-17H,5,8H2,1-4H3. The first-order valence-electron chi connectivity index (χ1n) is 6.29. The van der Waals surface area contributed by atoms with Crippen LogP contribution in [0, 0.1) is 5.82 Å². The van der Waals surface area contributed by atoms with E-state index in [0.717, 1.165) is 6.07 Å². The van der Waals surface area contributed by atoms with Gasteiger partial charge in [0.2, 0.25) is 10.0 Å². The Kier molecular flexibility index (Phi) is 5.54. The zero-order chi connectivity index (χ0) is 15.6.